The number of hydrogen-bond acceptors (Lipinski definition) is 21. The van der Waals surface area contributed by atoms with Crippen LogP contribution in [0.25, 0.3) is 83.9 Å². The van der Waals surface area contributed by atoms with Crippen LogP contribution < -0.4 is 31.4 Å². The van der Waals surface area contributed by atoms with E-state index in [1.807, 2.05) is 56.2 Å². The highest BCUT2D eigenvalue weighted by Crippen LogP contribution is 2.53. The van der Waals surface area contributed by atoms with E-state index in [0.29, 0.717) is 146 Å². The second kappa shape index (κ2) is 40.7. The first-order chi connectivity index (χ1) is 64.0. The van der Waals surface area contributed by atoms with Crippen molar-refractivity contribution in [1.82, 2.24) is 58.3 Å². The zero-order valence-corrected chi connectivity index (χ0v) is 81.8. The van der Waals surface area contributed by atoms with Gasteiger partial charge < -0.3 is 44.7 Å². The molecule has 0 aliphatic carbocycles. The third-order valence-electron chi connectivity index (χ3n) is 23.0. The number of carbonyl (C=O) groups excluding carboxylic acids is 3. The number of phenols is 3. The van der Waals surface area contributed by atoms with Gasteiger partial charge in [-0.2, -0.15) is 15.8 Å². The number of nitriles is 3. The first-order valence-corrected chi connectivity index (χ1v) is 45.6. The number of carbonyl (C=O) groups is 3. The molecule has 3 amide bonds. The molecule has 0 atom stereocenters. The highest BCUT2D eigenvalue weighted by molar-refractivity contribution is 6.49. The Morgan fingerprint density at radius 1 is 0.378 bits per heavy atom. The number of pyridine rings is 9. The predicted molar refractivity (Wildman–Crippen MR) is 524 cm³/mol. The van der Waals surface area contributed by atoms with Crippen molar-refractivity contribution in [2.24, 2.45) is 0 Å². The Hall–Kier alpha value is -11.6. The summed E-state index contributed by atoms with van der Waals surface area (Å²) >= 11 is 76.8. The smallest absolute Gasteiger partial charge is 0.276 e. The van der Waals surface area contributed by atoms with Crippen molar-refractivity contribution >= 4 is 207 Å². The molecule has 3 aliphatic rings. The lowest BCUT2D eigenvalue weighted by Gasteiger charge is -2.36. The highest BCUT2D eigenvalue weighted by atomic mass is 35.5. The van der Waals surface area contributed by atoms with Crippen LogP contribution in [0.15, 0.2) is 107 Å². The summed E-state index contributed by atoms with van der Waals surface area (Å²) in [7, 11) is 0. The first-order valence-electron chi connectivity index (χ1n) is 41.1. The van der Waals surface area contributed by atoms with Crippen LogP contribution in [0.2, 0.25) is 60.3 Å². The molecule has 3 N–H and O–H groups in total. The number of phenolic OH excluding ortho intramolecular Hbond substituents is 3. The van der Waals surface area contributed by atoms with Crippen LogP contribution in [0, 0.1) is 72.2 Å². The third-order valence-corrected chi connectivity index (χ3v) is 27.3. The topological polar surface area (TPSA) is 346 Å². The average molecular weight is 2070 g/mol. The fourth-order valence-electron chi connectivity index (χ4n) is 16.4. The Bertz CT molecular complexity index is 6650. The number of nitrogens with zero attached hydrogens (tertiary/aromatic N) is 18. The number of aryl methyl sites for hydroxylation is 3. The molecule has 27 nitrogen and oxygen atoms in total. The van der Waals surface area contributed by atoms with E-state index >= 15 is 0 Å². The van der Waals surface area contributed by atoms with Crippen molar-refractivity contribution in [3.05, 3.63) is 252 Å². The summed E-state index contributed by atoms with van der Waals surface area (Å²) in [6, 6.07) is 16.0. The minimum Gasteiger partial charge on any atom is -0.505 e. The number of aromatic hydroxyl groups is 3. The van der Waals surface area contributed by atoms with E-state index in [2.05, 4.69) is 52.9 Å². The maximum Gasteiger partial charge on any atom is 0.276 e. The van der Waals surface area contributed by atoms with Crippen molar-refractivity contribution in [2.75, 3.05) is 93.2 Å². The minimum atomic E-state index is -1.22. The van der Waals surface area contributed by atoms with Gasteiger partial charge in [-0.15, -0.1) is 0 Å². The average Bonchev–Trinajstić information content (AvgIpc) is 0.728. The van der Waals surface area contributed by atoms with Gasteiger partial charge in [0.1, 0.15) is 56.9 Å². The number of aromatic nitrogens is 9. The Labute approximate surface area is 829 Å². The Morgan fingerprint density at radius 3 is 0.874 bits per heavy atom. The van der Waals surface area contributed by atoms with Gasteiger partial charge >= 0.3 is 0 Å². The van der Waals surface area contributed by atoms with Crippen LogP contribution in [-0.4, -0.2) is 170 Å². The van der Waals surface area contributed by atoms with Gasteiger partial charge in [-0.25, -0.2) is 28.1 Å². The van der Waals surface area contributed by atoms with E-state index in [1.54, 1.807) is 72.3 Å². The van der Waals surface area contributed by atoms with Crippen molar-refractivity contribution in [1.29, 1.82) is 15.8 Å². The van der Waals surface area contributed by atoms with Crippen molar-refractivity contribution in [3.8, 4) is 86.3 Å². The van der Waals surface area contributed by atoms with Crippen LogP contribution in [0.5, 0.6) is 17.2 Å². The van der Waals surface area contributed by atoms with Crippen LogP contribution in [-0.2, 0) is 14.4 Å². The standard InChI is InChI=1S/3C31H25Cl4FN6O3/c1-5-19(43)40-8-10-41(11-9-40)28-16-12-18(32)26(20-21(33)24(36)23(35)29(44)22(20)34)39-30(16)42(31(45)17(28)13-37)27-15(4)6-7-38-25(27)14(2)3;2*1-5-19(43)40-8-10-41(11-9-40)28-16-12-18(32)26(20-21(33)23(35)24(36)29(44)22(20)34)39-30(16)42(31(45)17(28)13-37)27-15(4)6-7-38-25(27)14(2)3/h3*5-7,12,14,44H,1,8-11H2,2-4H3. The van der Waals surface area contributed by atoms with E-state index < -0.39 is 86.5 Å². The second-order valence-corrected chi connectivity index (χ2v) is 36.7. The highest BCUT2D eigenvalue weighted by Gasteiger charge is 2.38. The summed E-state index contributed by atoms with van der Waals surface area (Å²) in [6.07, 6.45) is 8.58. The Morgan fingerprint density at radius 2 is 0.630 bits per heavy atom. The lowest BCUT2D eigenvalue weighted by Crippen LogP contribution is -2.49. The number of hydrogen-bond donors (Lipinski definition) is 3. The van der Waals surface area contributed by atoms with E-state index in [9.17, 15) is 73.0 Å². The second-order valence-electron chi connectivity index (χ2n) is 32.0. The van der Waals surface area contributed by atoms with Crippen molar-refractivity contribution < 1.29 is 42.9 Å². The van der Waals surface area contributed by atoms with Gasteiger partial charge in [-0.1, -0.05) is 200 Å². The van der Waals surface area contributed by atoms with Gasteiger partial charge in [-0.05, 0) is 110 Å². The summed E-state index contributed by atoms with van der Waals surface area (Å²) in [5, 5.41) is 58.8. The fraction of sp³-hybridized carbons (Fsp3) is 0.258. The normalized spacial score (nSPS) is 13.4. The molecule has 0 radical (unpaired) electrons. The number of anilines is 3. The molecule has 15 rings (SSSR count). The van der Waals surface area contributed by atoms with Crippen LogP contribution >= 0.6 is 139 Å². The number of amides is 3. The molecule has 696 valence electrons. The summed E-state index contributed by atoms with van der Waals surface area (Å²) in [5.74, 6) is -7.32. The lowest BCUT2D eigenvalue weighted by molar-refractivity contribution is -0.127. The van der Waals surface area contributed by atoms with Crippen LogP contribution in [0.4, 0.5) is 30.2 Å². The van der Waals surface area contributed by atoms with E-state index in [4.69, 9.17) is 154 Å². The molecular weight excluding hydrogens is 2000 g/mol. The summed E-state index contributed by atoms with van der Waals surface area (Å²) in [4.78, 5) is 118. The lowest BCUT2D eigenvalue weighted by atomic mass is 10.0. The quantitative estimate of drug-likeness (QED) is 0.0487. The van der Waals surface area contributed by atoms with Crippen LogP contribution in [0.3, 0.4) is 0 Å². The molecule has 42 heteroatoms. The molecule has 9 aromatic heterocycles. The van der Waals surface area contributed by atoms with Gasteiger partial charge in [0, 0.05) is 130 Å². The number of fused-ring (bicyclic) bond motifs is 3. The molecule has 0 unspecified atom stereocenters. The molecule has 0 spiro atoms. The molecule has 0 bridgehead atoms. The van der Waals surface area contributed by atoms with E-state index in [-0.39, 0.29) is 145 Å². The molecule has 12 heterocycles. The number of benzene rings is 3. The van der Waals surface area contributed by atoms with Gasteiger partial charge in [0.05, 0.1) is 124 Å². The monoisotopic (exact) mass is 2060 g/mol. The molecule has 3 saturated heterocycles. The van der Waals surface area contributed by atoms with Gasteiger partial charge in [0.25, 0.3) is 16.7 Å². The van der Waals surface area contributed by atoms with Gasteiger partial charge in [-0.3, -0.25) is 57.4 Å². The first kappa shape index (κ1) is 101. The molecule has 135 heavy (non-hydrogen) atoms. The van der Waals surface area contributed by atoms with Gasteiger partial charge in [0.15, 0.2) is 34.7 Å². The van der Waals surface area contributed by atoms with E-state index in [0.717, 1.165) is 0 Å². The minimum absolute atomic E-state index is 0.0313. The van der Waals surface area contributed by atoms with E-state index in [1.165, 1.54) is 50.1 Å². The number of piperazine rings is 3. The Balaban J connectivity index is 0.000000171. The molecule has 3 fully saturated rings. The molecule has 12 aromatic rings. The molecule has 3 aliphatic heterocycles. The fourth-order valence-corrected chi connectivity index (χ4v) is 19.6. The zero-order chi connectivity index (χ0) is 98.7. The molecule has 0 saturated carbocycles. The summed E-state index contributed by atoms with van der Waals surface area (Å²) in [6.45, 7) is 31.2. The SMILES string of the molecule is C=CC(=O)N1CCN(c2c(C#N)c(=O)n(-c3c(C)ccnc3C(C)C)c3nc(-c4c(Cl)c(O)c(Cl)c(F)c4Cl)c(Cl)cc23)CC1.C=CC(=O)N1CCN(c2c(C#N)c(=O)n(-c3c(C)ccnc3C(C)C)c3nc(-c4c(Cl)c(O)c(F)c(Cl)c4Cl)c(Cl)cc23)CC1.C=CC(=O)N1CCN(c2c(C#N)c(=O)n(-c3c(C)ccnc3C(C)C)c3nc(-c4c(Cl)c(O)c(F)c(Cl)c4Cl)c(Cl)cc23)CC1. The maximum absolute atomic E-state index is 15.0. The van der Waals surface area contributed by atoms with Crippen molar-refractivity contribution in [3.63, 3.8) is 0 Å². The van der Waals surface area contributed by atoms with Crippen molar-refractivity contribution in [2.45, 2.75) is 80.1 Å². The van der Waals surface area contributed by atoms with Crippen LogP contribution in [0.1, 0.15) is 110 Å². The zero-order valence-electron chi connectivity index (χ0n) is 72.8. The number of rotatable bonds is 15. The van der Waals surface area contributed by atoms with Gasteiger partial charge in [0.2, 0.25) is 17.7 Å². The number of halogens is 15. The summed E-state index contributed by atoms with van der Waals surface area (Å²) in [5.41, 5.74) is 2.70. The maximum atomic E-state index is 15.0. The third kappa shape index (κ3) is 18.2. The molecule has 3 aromatic carbocycles. The predicted octanol–water partition coefficient (Wildman–Crippen LogP) is 21.1. The summed E-state index contributed by atoms with van der Waals surface area (Å²) < 4.78 is 47.9. The Kier molecular flexibility index (Phi) is 30.4. The molecular formula is C93H75Cl12F3N18O9. The largest absolute Gasteiger partial charge is 0.505 e.